The van der Waals surface area contributed by atoms with Crippen LogP contribution >= 0.6 is 58.0 Å². The van der Waals surface area contributed by atoms with Crippen LogP contribution in [0.15, 0.2) is 18.2 Å². The number of rotatable bonds is 4. The van der Waals surface area contributed by atoms with Crippen molar-refractivity contribution in [3.05, 3.63) is 43.3 Å². The Balaban J connectivity index is 2.39. The lowest BCUT2D eigenvalue weighted by Crippen LogP contribution is -2.03. The first kappa shape index (κ1) is 16.8. The maximum Gasteiger partial charge on any atom is 0.151 e. The molecule has 2 rings (SSSR count). The lowest BCUT2D eigenvalue weighted by atomic mass is 10.3. The van der Waals surface area contributed by atoms with E-state index in [2.05, 4.69) is 15.6 Å². The zero-order valence-corrected chi connectivity index (χ0v) is 14.6. The fourth-order valence-electron chi connectivity index (χ4n) is 1.59. The highest BCUT2D eigenvalue weighted by atomic mass is 35.5. The van der Waals surface area contributed by atoms with E-state index in [-0.39, 0.29) is 0 Å². The van der Waals surface area contributed by atoms with Gasteiger partial charge in [-0.25, -0.2) is 4.98 Å². The SMILES string of the molecule is CCNc1nc(Nc2cc(Cl)c(Cl)cc2Cl)c(Cl)cc1Cl. The quantitative estimate of drug-likeness (QED) is 0.588. The maximum atomic E-state index is 6.14. The molecule has 112 valence electrons. The second-order valence-electron chi connectivity index (χ2n) is 4.05. The third-order valence-electron chi connectivity index (χ3n) is 2.54. The molecule has 0 aliphatic carbocycles. The van der Waals surface area contributed by atoms with E-state index in [1.54, 1.807) is 18.2 Å². The van der Waals surface area contributed by atoms with Crippen LogP contribution in [0.25, 0.3) is 0 Å². The number of halogens is 5. The minimum Gasteiger partial charge on any atom is -0.369 e. The first-order valence-corrected chi connectivity index (χ1v) is 7.82. The fourth-order valence-corrected chi connectivity index (χ4v) is 2.66. The van der Waals surface area contributed by atoms with Gasteiger partial charge in [-0.15, -0.1) is 0 Å². The van der Waals surface area contributed by atoms with E-state index in [1.807, 2.05) is 6.92 Å². The number of anilines is 3. The van der Waals surface area contributed by atoms with Crippen LogP contribution in [-0.2, 0) is 0 Å². The molecule has 0 spiro atoms. The number of benzene rings is 1. The van der Waals surface area contributed by atoms with Gasteiger partial charge in [0.2, 0.25) is 0 Å². The minimum absolute atomic E-state index is 0.365. The van der Waals surface area contributed by atoms with Crippen molar-refractivity contribution in [2.75, 3.05) is 17.2 Å². The molecule has 8 heteroatoms. The summed E-state index contributed by atoms with van der Waals surface area (Å²) in [5, 5.41) is 8.01. The molecule has 1 aromatic carbocycles. The molecule has 0 saturated carbocycles. The van der Waals surface area contributed by atoms with Gasteiger partial charge in [0.05, 0.1) is 30.8 Å². The summed E-state index contributed by atoms with van der Waals surface area (Å²) in [4.78, 5) is 4.33. The molecule has 21 heavy (non-hydrogen) atoms. The van der Waals surface area contributed by atoms with Crippen molar-refractivity contribution in [3.8, 4) is 0 Å². The number of pyridine rings is 1. The van der Waals surface area contributed by atoms with E-state index in [9.17, 15) is 0 Å². The van der Waals surface area contributed by atoms with Crippen LogP contribution < -0.4 is 10.6 Å². The largest absolute Gasteiger partial charge is 0.369 e. The number of aromatic nitrogens is 1. The Labute approximate surface area is 147 Å². The lowest BCUT2D eigenvalue weighted by molar-refractivity contribution is 1.16. The van der Waals surface area contributed by atoms with Crippen molar-refractivity contribution in [2.45, 2.75) is 6.92 Å². The standard InChI is InChI=1S/C13H10Cl5N3/c1-2-19-12-9(17)4-10(18)13(21-12)20-11-5-7(15)6(14)3-8(11)16/h3-5H,2H2,1H3,(H2,19,20,21). The Hall–Kier alpha value is -0.580. The molecule has 0 amide bonds. The van der Waals surface area contributed by atoms with E-state index < -0.39 is 0 Å². The summed E-state index contributed by atoms with van der Waals surface area (Å²) in [5.74, 6) is 0.944. The van der Waals surface area contributed by atoms with Crippen molar-refractivity contribution >= 4 is 75.3 Å². The topological polar surface area (TPSA) is 37.0 Å². The molecule has 0 fully saturated rings. The molecule has 0 unspecified atom stereocenters. The first-order chi connectivity index (χ1) is 9.92. The van der Waals surface area contributed by atoms with E-state index in [4.69, 9.17) is 58.0 Å². The van der Waals surface area contributed by atoms with Crippen LogP contribution in [0, 0.1) is 0 Å². The number of nitrogens with one attached hydrogen (secondary N) is 2. The average molecular weight is 386 g/mol. The number of hydrogen-bond acceptors (Lipinski definition) is 3. The van der Waals surface area contributed by atoms with Gasteiger partial charge in [0, 0.05) is 6.54 Å². The molecule has 3 nitrogen and oxygen atoms in total. The van der Waals surface area contributed by atoms with Crippen molar-refractivity contribution < 1.29 is 0 Å². The fraction of sp³-hybridized carbons (Fsp3) is 0.154. The van der Waals surface area contributed by atoms with Gasteiger partial charge in [-0.3, -0.25) is 0 Å². The molecule has 1 heterocycles. The summed E-state index contributed by atoms with van der Waals surface area (Å²) in [6.07, 6.45) is 0. The molecule has 0 bridgehead atoms. The van der Waals surface area contributed by atoms with Crippen LogP contribution in [0.4, 0.5) is 17.3 Å². The van der Waals surface area contributed by atoms with Gasteiger partial charge in [-0.1, -0.05) is 58.0 Å². The maximum absolute atomic E-state index is 6.14. The van der Waals surface area contributed by atoms with Gasteiger partial charge in [-0.2, -0.15) is 0 Å². The molecule has 0 saturated heterocycles. The second kappa shape index (κ2) is 7.12. The highest BCUT2D eigenvalue weighted by Gasteiger charge is 2.12. The molecule has 2 aromatic rings. The molecule has 1 aromatic heterocycles. The molecule has 2 N–H and O–H groups in total. The highest BCUT2D eigenvalue weighted by Crippen LogP contribution is 2.36. The van der Waals surface area contributed by atoms with Crippen molar-refractivity contribution in [3.63, 3.8) is 0 Å². The molecule has 0 radical (unpaired) electrons. The molecule has 0 aliphatic rings. The highest BCUT2D eigenvalue weighted by molar-refractivity contribution is 6.44. The average Bonchev–Trinajstić information content (AvgIpc) is 2.41. The third-order valence-corrected chi connectivity index (χ3v) is 4.15. The Kier molecular flexibility index (Phi) is 5.69. The molecular weight excluding hydrogens is 375 g/mol. The predicted octanol–water partition coefficient (Wildman–Crippen LogP) is 6.52. The Morgan fingerprint density at radius 1 is 0.810 bits per heavy atom. The first-order valence-electron chi connectivity index (χ1n) is 5.93. The second-order valence-corrected chi connectivity index (χ2v) is 6.09. The van der Waals surface area contributed by atoms with Gasteiger partial charge in [0.1, 0.15) is 5.82 Å². The van der Waals surface area contributed by atoms with Crippen molar-refractivity contribution in [1.29, 1.82) is 0 Å². The van der Waals surface area contributed by atoms with Crippen LogP contribution in [0.3, 0.4) is 0 Å². The molecule has 0 atom stereocenters. The van der Waals surface area contributed by atoms with Crippen LogP contribution in [0.2, 0.25) is 25.1 Å². The van der Waals surface area contributed by atoms with Crippen LogP contribution in [0.5, 0.6) is 0 Å². The van der Waals surface area contributed by atoms with E-state index in [0.717, 1.165) is 0 Å². The summed E-state index contributed by atoms with van der Waals surface area (Å²) < 4.78 is 0. The summed E-state index contributed by atoms with van der Waals surface area (Å²) >= 11 is 30.2. The smallest absolute Gasteiger partial charge is 0.151 e. The van der Waals surface area contributed by atoms with E-state index >= 15 is 0 Å². The monoisotopic (exact) mass is 383 g/mol. The van der Waals surface area contributed by atoms with E-state index in [1.165, 1.54) is 0 Å². The Bertz CT molecular complexity index is 675. The molecular formula is C13H10Cl5N3. The summed E-state index contributed by atoms with van der Waals surface area (Å²) in [6, 6.07) is 4.75. The third kappa shape index (κ3) is 3.99. The number of nitrogens with zero attached hydrogens (tertiary/aromatic N) is 1. The van der Waals surface area contributed by atoms with Crippen molar-refractivity contribution in [1.82, 2.24) is 4.98 Å². The van der Waals surface area contributed by atoms with Crippen LogP contribution in [-0.4, -0.2) is 11.5 Å². The predicted molar refractivity (Wildman–Crippen MR) is 93.2 cm³/mol. The number of hydrogen-bond donors (Lipinski definition) is 2. The Morgan fingerprint density at radius 2 is 1.38 bits per heavy atom. The summed E-state index contributed by atoms with van der Waals surface area (Å²) in [7, 11) is 0. The lowest BCUT2D eigenvalue weighted by Gasteiger charge is -2.13. The van der Waals surface area contributed by atoms with Gasteiger partial charge < -0.3 is 10.6 Å². The van der Waals surface area contributed by atoms with Gasteiger partial charge >= 0.3 is 0 Å². The van der Waals surface area contributed by atoms with Gasteiger partial charge in [0.25, 0.3) is 0 Å². The zero-order chi connectivity index (χ0) is 15.6. The summed E-state index contributed by atoms with van der Waals surface area (Å²) in [6.45, 7) is 2.62. The van der Waals surface area contributed by atoms with Gasteiger partial charge in [-0.05, 0) is 25.1 Å². The summed E-state index contributed by atoms with van der Waals surface area (Å²) in [5.41, 5.74) is 0.547. The minimum atomic E-state index is 0.365. The van der Waals surface area contributed by atoms with Gasteiger partial charge in [0.15, 0.2) is 5.82 Å². The normalized spacial score (nSPS) is 10.6. The van der Waals surface area contributed by atoms with E-state index in [0.29, 0.717) is 49.0 Å². The Morgan fingerprint density at radius 3 is 2.05 bits per heavy atom. The van der Waals surface area contributed by atoms with Crippen LogP contribution in [0.1, 0.15) is 6.92 Å². The molecule has 0 aliphatic heterocycles. The zero-order valence-electron chi connectivity index (χ0n) is 10.8. The van der Waals surface area contributed by atoms with Crippen molar-refractivity contribution in [2.24, 2.45) is 0 Å².